The van der Waals surface area contributed by atoms with E-state index < -0.39 is 0 Å². The lowest BCUT2D eigenvalue weighted by molar-refractivity contribution is 0.258. The zero-order valence-corrected chi connectivity index (χ0v) is 11.9. The van der Waals surface area contributed by atoms with Crippen molar-refractivity contribution in [1.29, 1.82) is 0 Å². The van der Waals surface area contributed by atoms with Crippen molar-refractivity contribution in [3.05, 3.63) is 24.0 Å². The van der Waals surface area contributed by atoms with E-state index in [1.165, 1.54) is 37.4 Å². The Balaban J connectivity index is 1.93. The second-order valence-electron chi connectivity index (χ2n) is 5.42. The maximum atomic E-state index is 4.55. The van der Waals surface area contributed by atoms with Gasteiger partial charge in [0.1, 0.15) is 0 Å². The van der Waals surface area contributed by atoms with Gasteiger partial charge in [-0.3, -0.25) is 9.88 Å². The molecule has 0 unspecified atom stereocenters. The van der Waals surface area contributed by atoms with Gasteiger partial charge >= 0.3 is 0 Å². The van der Waals surface area contributed by atoms with E-state index in [9.17, 15) is 0 Å². The Bertz CT molecular complexity index is 351. The quantitative estimate of drug-likeness (QED) is 0.815. The highest BCUT2D eigenvalue weighted by atomic mass is 15.3. The fourth-order valence-electron chi connectivity index (χ4n) is 2.47. The molecule has 0 spiro atoms. The van der Waals surface area contributed by atoms with Crippen LogP contribution in [0.3, 0.4) is 0 Å². The van der Waals surface area contributed by atoms with Crippen LogP contribution in [0.1, 0.15) is 38.8 Å². The van der Waals surface area contributed by atoms with Gasteiger partial charge in [0.2, 0.25) is 0 Å². The summed E-state index contributed by atoms with van der Waals surface area (Å²) < 4.78 is 0. The van der Waals surface area contributed by atoms with E-state index in [1.54, 1.807) is 0 Å². The standard InChI is InChI=1S/C15H25N3/c1-4-7-17-8-10-18(11-9-17)14-5-6-15(13(2)3)16-12-14/h5-6,12-13H,4,7-11H2,1-3H3. The number of hydrogen-bond acceptors (Lipinski definition) is 3. The van der Waals surface area contributed by atoms with Gasteiger partial charge in [-0.15, -0.1) is 0 Å². The van der Waals surface area contributed by atoms with Crippen molar-refractivity contribution in [2.45, 2.75) is 33.1 Å². The maximum Gasteiger partial charge on any atom is 0.0553 e. The number of rotatable bonds is 4. The van der Waals surface area contributed by atoms with Crippen molar-refractivity contribution in [2.24, 2.45) is 0 Å². The van der Waals surface area contributed by atoms with E-state index in [0.717, 1.165) is 13.1 Å². The maximum absolute atomic E-state index is 4.55. The van der Waals surface area contributed by atoms with E-state index in [4.69, 9.17) is 0 Å². The Kier molecular flexibility index (Phi) is 4.59. The molecule has 100 valence electrons. The number of anilines is 1. The molecule has 0 atom stereocenters. The van der Waals surface area contributed by atoms with E-state index in [2.05, 4.69) is 47.7 Å². The summed E-state index contributed by atoms with van der Waals surface area (Å²) in [6, 6.07) is 4.39. The summed E-state index contributed by atoms with van der Waals surface area (Å²) in [5.74, 6) is 0.514. The monoisotopic (exact) mass is 247 g/mol. The summed E-state index contributed by atoms with van der Waals surface area (Å²) in [5.41, 5.74) is 2.46. The third-order valence-electron chi connectivity index (χ3n) is 3.64. The molecule has 0 saturated carbocycles. The summed E-state index contributed by atoms with van der Waals surface area (Å²) in [6.45, 7) is 12.5. The molecule has 2 rings (SSSR count). The Morgan fingerprint density at radius 1 is 1.17 bits per heavy atom. The number of aromatic nitrogens is 1. The van der Waals surface area contributed by atoms with Gasteiger partial charge in [-0.25, -0.2) is 0 Å². The van der Waals surface area contributed by atoms with Gasteiger partial charge in [-0.05, 0) is 31.0 Å². The van der Waals surface area contributed by atoms with Gasteiger partial charge in [0, 0.05) is 31.9 Å². The molecule has 1 aliphatic rings. The van der Waals surface area contributed by atoms with Crippen molar-refractivity contribution in [3.8, 4) is 0 Å². The minimum atomic E-state index is 0.514. The third kappa shape index (κ3) is 3.22. The number of piperazine rings is 1. The molecule has 1 aromatic rings. The van der Waals surface area contributed by atoms with Gasteiger partial charge in [-0.2, -0.15) is 0 Å². The average molecular weight is 247 g/mol. The lowest BCUT2D eigenvalue weighted by Gasteiger charge is -2.35. The molecule has 0 bridgehead atoms. The smallest absolute Gasteiger partial charge is 0.0553 e. The molecule has 3 heteroatoms. The molecule has 0 N–H and O–H groups in total. The molecule has 2 heterocycles. The van der Waals surface area contributed by atoms with Gasteiger partial charge < -0.3 is 4.90 Å². The van der Waals surface area contributed by atoms with E-state index in [1.807, 2.05) is 6.20 Å². The van der Waals surface area contributed by atoms with Crippen LogP contribution < -0.4 is 4.90 Å². The normalized spacial score (nSPS) is 17.4. The first-order valence-electron chi connectivity index (χ1n) is 7.14. The van der Waals surface area contributed by atoms with Crippen LogP contribution in [0.4, 0.5) is 5.69 Å². The van der Waals surface area contributed by atoms with Gasteiger partial charge in [0.15, 0.2) is 0 Å². The van der Waals surface area contributed by atoms with E-state index in [-0.39, 0.29) is 0 Å². The van der Waals surface area contributed by atoms with Crippen molar-refractivity contribution in [3.63, 3.8) is 0 Å². The van der Waals surface area contributed by atoms with E-state index in [0.29, 0.717) is 5.92 Å². The highest BCUT2D eigenvalue weighted by molar-refractivity contribution is 5.45. The molecule has 0 aliphatic carbocycles. The molecule has 1 fully saturated rings. The first kappa shape index (κ1) is 13.3. The predicted molar refractivity (Wildman–Crippen MR) is 77.3 cm³/mol. The zero-order chi connectivity index (χ0) is 13.0. The Morgan fingerprint density at radius 2 is 1.89 bits per heavy atom. The van der Waals surface area contributed by atoms with Crippen molar-refractivity contribution < 1.29 is 0 Å². The molecule has 0 radical (unpaired) electrons. The summed E-state index contributed by atoms with van der Waals surface area (Å²) in [5, 5.41) is 0. The Morgan fingerprint density at radius 3 is 2.39 bits per heavy atom. The van der Waals surface area contributed by atoms with Gasteiger partial charge in [0.25, 0.3) is 0 Å². The Hall–Kier alpha value is -1.09. The first-order chi connectivity index (χ1) is 8.70. The minimum Gasteiger partial charge on any atom is -0.368 e. The van der Waals surface area contributed by atoms with Crippen LogP contribution in [-0.4, -0.2) is 42.6 Å². The predicted octanol–water partition coefficient (Wildman–Crippen LogP) is 2.74. The fourth-order valence-corrected chi connectivity index (χ4v) is 2.47. The second kappa shape index (κ2) is 6.19. The van der Waals surface area contributed by atoms with Crippen LogP contribution in [0.5, 0.6) is 0 Å². The summed E-state index contributed by atoms with van der Waals surface area (Å²) in [6.07, 6.45) is 3.29. The Labute approximate surface area is 111 Å². The van der Waals surface area contributed by atoms with Crippen molar-refractivity contribution in [1.82, 2.24) is 9.88 Å². The van der Waals surface area contributed by atoms with Crippen LogP contribution in [0.2, 0.25) is 0 Å². The van der Waals surface area contributed by atoms with Crippen LogP contribution in [-0.2, 0) is 0 Å². The van der Waals surface area contributed by atoms with Crippen molar-refractivity contribution in [2.75, 3.05) is 37.6 Å². The van der Waals surface area contributed by atoms with E-state index >= 15 is 0 Å². The number of hydrogen-bond donors (Lipinski definition) is 0. The molecule has 0 amide bonds. The highest BCUT2D eigenvalue weighted by Gasteiger charge is 2.16. The van der Waals surface area contributed by atoms with Crippen LogP contribution in [0.15, 0.2) is 18.3 Å². The molecule has 1 aromatic heterocycles. The van der Waals surface area contributed by atoms with Gasteiger partial charge in [-0.1, -0.05) is 20.8 Å². The van der Waals surface area contributed by atoms with Crippen LogP contribution in [0.25, 0.3) is 0 Å². The summed E-state index contributed by atoms with van der Waals surface area (Å²) in [4.78, 5) is 9.55. The average Bonchev–Trinajstić information content (AvgIpc) is 2.40. The lowest BCUT2D eigenvalue weighted by atomic mass is 10.1. The number of nitrogens with zero attached hydrogens (tertiary/aromatic N) is 3. The largest absolute Gasteiger partial charge is 0.368 e. The molecular weight excluding hydrogens is 222 g/mol. The van der Waals surface area contributed by atoms with Crippen molar-refractivity contribution >= 4 is 5.69 Å². The molecule has 1 saturated heterocycles. The second-order valence-corrected chi connectivity index (χ2v) is 5.42. The van der Waals surface area contributed by atoms with Gasteiger partial charge in [0.05, 0.1) is 11.9 Å². The molecule has 1 aliphatic heterocycles. The highest BCUT2D eigenvalue weighted by Crippen LogP contribution is 2.18. The topological polar surface area (TPSA) is 19.4 Å². The SMILES string of the molecule is CCCN1CCN(c2ccc(C(C)C)nc2)CC1. The third-order valence-corrected chi connectivity index (χ3v) is 3.64. The van der Waals surface area contributed by atoms with Crippen LogP contribution >= 0.6 is 0 Å². The molecule has 0 aromatic carbocycles. The summed E-state index contributed by atoms with van der Waals surface area (Å²) in [7, 11) is 0. The zero-order valence-electron chi connectivity index (χ0n) is 11.9. The number of pyridine rings is 1. The molecular formula is C15H25N3. The summed E-state index contributed by atoms with van der Waals surface area (Å²) >= 11 is 0. The first-order valence-corrected chi connectivity index (χ1v) is 7.14. The lowest BCUT2D eigenvalue weighted by Crippen LogP contribution is -2.46. The fraction of sp³-hybridized carbons (Fsp3) is 0.667. The minimum absolute atomic E-state index is 0.514. The molecule has 18 heavy (non-hydrogen) atoms. The molecule has 3 nitrogen and oxygen atoms in total. The van der Waals surface area contributed by atoms with Crippen LogP contribution in [0, 0.1) is 0 Å².